The average Bonchev–Trinajstić information content (AvgIpc) is 3.36. The summed E-state index contributed by atoms with van der Waals surface area (Å²) in [5, 5.41) is 5.89. The van der Waals surface area contributed by atoms with Crippen LogP contribution in [0, 0.1) is 18.3 Å². The van der Waals surface area contributed by atoms with Crippen LogP contribution < -0.4 is 5.32 Å². The van der Waals surface area contributed by atoms with Crippen molar-refractivity contribution in [1.29, 1.82) is 0 Å². The fourth-order valence-electron chi connectivity index (χ4n) is 4.15. The second-order valence-corrected chi connectivity index (χ2v) is 9.88. The van der Waals surface area contributed by atoms with E-state index in [4.69, 9.17) is 14.2 Å². The Morgan fingerprint density at radius 3 is 2.81 bits per heavy atom. The lowest BCUT2D eigenvalue weighted by Crippen LogP contribution is -2.32. The van der Waals surface area contributed by atoms with Crippen molar-refractivity contribution in [2.45, 2.75) is 52.2 Å². The first kappa shape index (κ1) is 21.8. The summed E-state index contributed by atoms with van der Waals surface area (Å²) in [4.78, 5) is 30.2. The number of thiazole rings is 1. The number of ether oxygens (including phenoxy) is 3. The molecule has 1 aromatic carbocycles. The molecule has 0 amide bonds. The van der Waals surface area contributed by atoms with Gasteiger partial charge in [-0.15, -0.1) is 11.3 Å². The Hall–Kier alpha value is -2.45. The summed E-state index contributed by atoms with van der Waals surface area (Å²) in [6.45, 7) is 8.81. The van der Waals surface area contributed by atoms with Crippen molar-refractivity contribution in [2.24, 2.45) is 11.3 Å². The van der Waals surface area contributed by atoms with E-state index in [9.17, 15) is 9.59 Å². The first-order chi connectivity index (χ1) is 14.7. The molecule has 2 fully saturated rings. The Morgan fingerprint density at radius 2 is 2.06 bits per heavy atom. The van der Waals surface area contributed by atoms with E-state index >= 15 is 0 Å². The van der Waals surface area contributed by atoms with Crippen LogP contribution in [0.15, 0.2) is 29.6 Å². The standard InChI is InChI=1S/C23H28N2O5S/c1-14(2)10-28-11-16-9-23(19(26)29-16)13-22(4,30-20(23)27)18-12-31-21(25-18)24-17-8-6-5-7-15(17)3/h5-8,12,14,16H,9-11,13H2,1-4H3,(H,24,25)/t16-,22-,23-/m0/s1. The predicted octanol–water partition coefficient (Wildman–Crippen LogP) is 4.33. The first-order valence-corrected chi connectivity index (χ1v) is 11.4. The number of rotatable bonds is 7. The molecular formula is C23H28N2O5S. The van der Waals surface area contributed by atoms with Crippen molar-refractivity contribution in [3.63, 3.8) is 0 Å². The fourth-order valence-corrected chi connectivity index (χ4v) is 4.99. The largest absolute Gasteiger partial charge is 0.459 e. The van der Waals surface area contributed by atoms with Crippen LogP contribution in [-0.2, 0) is 29.4 Å². The van der Waals surface area contributed by atoms with E-state index < -0.39 is 29.1 Å². The molecule has 166 valence electrons. The molecule has 2 saturated heterocycles. The van der Waals surface area contributed by atoms with Crippen LogP contribution in [0.3, 0.4) is 0 Å². The predicted molar refractivity (Wildman–Crippen MR) is 117 cm³/mol. The third-order valence-electron chi connectivity index (χ3n) is 5.78. The maximum atomic E-state index is 12.9. The molecule has 2 aliphatic heterocycles. The summed E-state index contributed by atoms with van der Waals surface area (Å²) >= 11 is 1.44. The summed E-state index contributed by atoms with van der Waals surface area (Å²) in [5.74, 6) is -0.668. The van der Waals surface area contributed by atoms with Gasteiger partial charge < -0.3 is 19.5 Å². The lowest BCUT2D eigenvalue weighted by atomic mass is 9.78. The summed E-state index contributed by atoms with van der Waals surface area (Å²) in [7, 11) is 0. The highest BCUT2D eigenvalue weighted by Crippen LogP contribution is 2.52. The number of esters is 2. The maximum absolute atomic E-state index is 12.9. The average molecular weight is 445 g/mol. The second kappa shape index (κ2) is 8.24. The van der Waals surface area contributed by atoms with Gasteiger partial charge in [0.15, 0.2) is 16.1 Å². The topological polar surface area (TPSA) is 86.8 Å². The van der Waals surface area contributed by atoms with E-state index in [1.807, 2.05) is 43.5 Å². The van der Waals surface area contributed by atoms with Crippen LogP contribution in [0.5, 0.6) is 0 Å². The molecule has 0 unspecified atom stereocenters. The number of carbonyl (C=O) groups is 2. The van der Waals surface area contributed by atoms with Gasteiger partial charge in [-0.1, -0.05) is 32.0 Å². The molecular weight excluding hydrogens is 416 g/mol. The van der Waals surface area contributed by atoms with Gasteiger partial charge in [0.25, 0.3) is 0 Å². The summed E-state index contributed by atoms with van der Waals surface area (Å²) in [6, 6.07) is 7.95. The van der Waals surface area contributed by atoms with E-state index in [1.54, 1.807) is 0 Å². The third kappa shape index (κ3) is 4.19. The third-order valence-corrected chi connectivity index (χ3v) is 6.53. The summed E-state index contributed by atoms with van der Waals surface area (Å²) in [6.07, 6.45) is 0.0535. The van der Waals surface area contributed by atoms with Crippen molar-refractivity contribution in [3.8, 4) is 0 Å². The van der Waals surface area contributed by atoms with Crippen LogP contribution in [0.2, 0.25) is 0 Å². The lowest BCUT2D eigenvalue weighted by Gasteiger charge is -2.20. The van der Waals surface area contributed by atoms with Crippen LogP contribution in [0.25, 0.3) is 0 Å². The molecule has 3 heterocycles. The van der Waals surface area contributed by atoms with E-state index in [2.05, 4.69) is 24.1 Å². The van der Waals surface area contributed by atoms with Crippen molar-refractivity contribution >= 4 is 34.1 Å². The number of nitrogens with one attached hydrogen (secondary N) is 1. The number of benzene rings is 1. The van der Waals surface area contributed by atoms with Crippen LogP contribution in [0.4, 0.5) is 10.8 Å². The number of aromatic nitrogens is 1. The summed E-state index contributed by atoms with van der Waals surface area (Å²) < 4.78 is 16.9. The minimum Gasteiger partial charge on any atom is -0.459 e. The number of aryl methyl sites for hydroxylation is 1. The van der Waals surface area contributed by atoms with Gasteiger partial charge in [0, 0.05) is 30.5 Å². The van der Waals surface area contributed by atoms with E-state index in [0.717, 1.165) is 11.3 Å². The number of hydrogen-bond acceptors (Lipinski definition) is 8. The van der Waals surface area contributed by atoms with Crippen LogP contribution in [0.1, 0.15) is 44.9 Å². The minimum atomic E-state index is -1.28. The molecule has 8 heteroatoms. The minimum absolute atomic E-state index is 0.214. The number of cyclic esters (lactones) is 2. The molecule has 1 spiro atoms. The quantitative estimate of drug-likeness (QED) is 0.502. The molecule has 1 aromatic heterocycles. The van der Waals surface area contributed by atoms with Gasteiger partial charge in [-0.3, -0.25) is 9.59 Å². The van der Waals surface area contributed by atoms with Gasteiger partial charge in [-0.25, -0.2) is 4.98 Å². The molecule has 0 aliphatic carbocycles. The van der Waals surface area contributed by atoms with Crippen molar-refractivity contribution in [1.82, 2.24) is 4.98 Å². The van der Waals surface area contributed by atoms with Crippen LogP contribution in [-0.4, -0.2) is 36.2 Å². The number of para-hydroxylation sites is 1. The maximum Gasteiger partial charge on any atom is 0.324 e. The Labute approximate surface area is 186 Å². The Balaban J connectivity index is 1.48. The molecule has 4 rings (SSSR count). The van der Waals surface area contributed by atoms with Crippen molar-refractivity contribution in [2.75, 3.05) is 18.5 Å². The molecule has 0 saturated carbocycles. The number of hydrogen-bond donors (Lipinski definition) is 1. The van der Waals surface area contributed by atoms with E-state index in [-0.39, 0.29) is 19.4 Å². The lowest BCUT2D eigenvalue weighted by molar-refractivity contribution is -0.160. The zero-order valence-corrected chi connectivity index (χ0v) is 19.1. The second-order valence-electron chi connectivity index (χ2n) is 9.02. The summed E-state index contributed by atoms with van der Waals surface area (Å²) in [5.41, 5.74) is 0.444. The number of nitrogens with zero attached hydrogens (tertiary/aromatic N) is 1. The monoisotopic (exact) mass is 444 g/mol. The molecule has 31 heavy (non-hydrogen) atoms. The van der Waals surface area contributed by atoms with Gasteiger partial charge in [-0.05, 0) is 31.4 Å². The molecule has 0 bridgehead atoms. The molecule has 0 radical (unpaired) electrons. The molecule has 2 aliphatic rings. The highest BCUT2D eigenvalue weighted by molar-refractivity contribution is 7.13. The van der Waals surface area contributed by atoms with Gasteiger partial charge >= 0.3 is 11.9 Å². The van der Waals surface area contributed by atoms with Gasteiger partial charge in [0.05, 0.1) is 12.3 Å². The highest BCUT2D eigenvalue weighted by Gasteiger charge is 2.65. The Kier molecular flexibility index (Phi) is 5.79. The number of anilines is 2. The van der Waals surface area contributed by atoms with E-state index in [0.29, 0.717) is 23.4 Å². The Bertz CT molecular complexity index is 990. The van der Waals surface area contributed by atoms with Gasteiger partial charge in [0.1, 0.15) is 6.10 Å². The zero-order valence-electron chi connectivity index (χ0n) is 18.3. The number of carbonyl (C=O) groups excluding carboxylic acids is 2. The van der Waals surface area contributed by atoms with E-state index in [1.165, 1.54) is 11.3 Å². The SMILES string of the molecule is Cc1ccccc1Nc1nc([C@]2(C)C[C@]3(C[C@@H](COCC(C)C)OC3=O)C(=O)O2)cs1. The molecule has 1 N–H and O–H groups in total. The normalized spacial score (nSPS) is 27.7. The zero-order chi connectivity index (χ0) is 22.2. The smallest absolute Gasteiger partial charge is 0.324 e. The molecule has 2 aromatic rings. The fraction of sp³-hybridized carbons (Fsp3) is 0.522. The molecule has 3 atom stereocenters. The Morgan fingerprint density at radius 1 is 1.29 bits per heavy atom. The van der Waals surface area contributed by atoms with Crippen LogP contribution >= 0.6 is 11.3 Å². The first-order valence-electron chi connectivity index (χ1n) is 10.5. The van der Waals surface area contributed by atoms with Crippen molar-refractivity contribution < 1.29 is 23.8 Å². The van der Waals surface area contributed by atoms with Gasteiger partial charge in [0.2, 0.25) is 0 Å². The van der Waals surface area contributed by atoms with Crippen molar-refractivity contribution in [3.05, 3.63) is 40.9 Å². The molecule has 7 nitrogen and oxygen atoms in total. The highest BCUT2D eigenvalue weighted by atomic mass is 32.1. The van der Waals surface area contributed by atoms with Gasteiger partial charge in [-0.2, -0.15) is 0 Å².